The number of amides is 1. The molecule has 0 unspecified atom stereocenters. The molecular weight excluding hydrogens is 310 g/mol. The fraction of sp³-hybridized carbons (Fsp3) is 0.409. The molecule has 2 aromatic carbocycles. The minimum absolute atomic E-state index is 0.0795. The van der Waals surface area contributed by atoms with Gasteiger partial charge in [0.2, 0.25) is 0 Å². The van der Waals surface area contributed by atoms with Gasteiger partial charge in [-0.25, -0.2) is 0 Å². The number of fused-ring (bicyclic) bond motifs is 1. The zero-order valence-corrected chi connectivity index (χ0v) is 14.9. The molecule has 2 aliphatic rings. The van der Waals surface area contributed by atoms with Crippen LogP contribution in [0.1, 0.15) is 30.6 Å². The molecule has 1 aliphatic carbocycles. The van der Waals surface area contributed by atoms with Gasteiger partial charge < -0.3 is 10.0 Å². The average molecular weight is 335 g/mol. The van der Waals surface area contributed by atoms with Gasteiger partial charge in [0.1, 0.15) is 0 Å². The third-order valence-corrected chi connectivity index (χ3v) is 6.22. The van der Waals surface area contributed by atoms with E-state index in [0.717, 1.165) is 29.7 Å². The van der Waals surface area contributed by atoms with Crippen LogP contribution in [-0.4, -0.2) is 35.6 Å². The molecule has 1 N–H and O–H groups in total. The highest BCUT2D eigenvalue weighted by atomic mass is 16.3. The quantitative estimate of drug-likeness (QED) is 0.926. The predicted molar refractivity (Wildman–Crippen MR) is 99.2 cm³/mol. The van der Waals surface area contributed by atoms with Gasteiger partial charge in [-0.1, -0.05) is 56.3 Å². The van der Waals surface area contributed by atoms with E-state index >= 15 is 0 Å². The fourth-order valence-corrected chi connectivity index (χ4v) is 5.14. The molecule has 2 fully saturated rings. The SMILES string of the molecule is CC1(C)C[C@]2(CO)CN(C(=O)c3cccc(-c4ccccc4)c3)C[C@H]12. The van der Waals surface area contributed by atoms with E-state index in [4.69, 9.17) is 0 Å². The number of nitrogens with zero attached hydrogens (tertiary/aromatic N) is 1. The Morgan fingerprint density at radius 3 is 2.48 bits per heavy atom. The molecule has 1 saturated carbocycles. The van der Waals surface area contributed by atoms with Crippen LogP contribution in [0.25, 0.3) is 11.1 Å². The summed E-state index contributed by atoms with van der Waals surface area (Å²) in [6.45, 7) is 6.09. The third kappa shape index (κ3) is 2.58. The van der Waals surface area contributed by atoms with Crippen LogP contribution >= 0.6 is 0 Å². The van der Waals surface area contributed by atoms with Crippen molar-refractivity contribution in [3.8, 4) is 11.1 Å². The Bertz CT molecular complexity index is 799. The number of carbonyl (C=O) groups is 1. The Hall–Kier alpha value is -2.13. The summed E-state index contributed by atoms with van der Waals surface area (Å²) in [5, 5.41) is 9.90. The number of hydrogen-bond donors (Lipinski definition) is 1. The van der Waals surface area contributed by atoms with E-state index in [0.29, 0.717) is 12.5 Å². The lowest BCUT2D eigenvalue weighted by atomic mass is 9.48. The van der Waals surface area contributed by atoms with Crippen molar-refractivity contribution in [2.45, 2.75) is 20.3 Å². The molecule has 3 nitrogen and oxygen atoms in total. The van der Waals surface area contributed by atoms with Gasteiger partial charge in [0.15, 0.2) is 0 Å². The number of hydrogen-bond acceptors (Lipinski definition) is 2. The van der Waals surface area contributed by atoms with E-state index in [2.05, 4.69) is 26.0 Å². The van der Waals surface area contributed by atoms with E-state index in [1.165, 1.54) is 0 Å². The maximum Gasteiger partial charge on any atom is 0.253 e. The molecule has 1 saturated heterocycles. The van der Waals surface area contributed by atoms with Crippen molar-refractivity contribution in [3.05, 3.63) is 60.2 Å². The van der Waals surface area contributed by atoms with Crippen LogP contribution in [0, 0.1) is 16.7 Å². The van der Waals surface area contributed by atoms with E-state index in [-0.39, 0.29) is 23.3 Å². The van der Waals surface area contributed by atoms with Gasteiger partial charge in [0.25, 0.3) is 5.91 Å². The molecule has 0 spiro atoms. The summed E-state index contributed by atoms with van der Waals surface area (Å²) in [5.41, 5.74) is 3.03. The van der Waals surface area contributed by atoms with Gasteiger partial charge in [-0.05, 0) is 41.0 Å². The topological polar surface area (TPSA) is 40.5 Å². The molecule has 130 valence electrons. The first-order valence-electron chi connectivity index (χ1n) is 9.01. The van der Waals surface area contributed by atoms with Crippen LogP contribution in [0.2, 0.25) is 0 Å². The number of aliphatic hydroxyl groups excluding tert-OH is 1. The Balaban J connectivity index is 1.58. The minimum atomic E-state index is -0.0871. The largest absolute Gasteiger partial charge is 0.396 e. The van der Waals surface area contributed by atoms with Crippen LogP contribution in [0.15, 0.2) is 54.6 Å². The summed E-state index contributed by atoms with van der Waals surface area (Å²) in [5.74, 6) is 0.474. The van der Waals surface area contributed by atoms with Gasteiger partial charge in [-0.15, -0.1) is 0 Å². The van der Waals surface area contributed by atoms with Crippen LogP contribution in [0.3, 0.4) is 0 Å². The Labute approximate surface area is 149 Å². The van der Waals surface area contributed by atoms with E-state index < -0.39 is 0 Å². The summed E-state index contributed by atoms with van der Waals surface area (Å²) in [6, 6.07) is 18.0. The van der Waals surface area contributed by atoms with E-state index in [1.807, 2.05) is 47.4 Å². The second-order valence-corrected chi connectivity index (χ2v) is 8.37. The van der Waals surface area contributed by atoms with Crippen LogP contribution in [0.4, 0.5) is 0 Å². The van der Waals surface area contributed by atoms with Crippen LogP contribution < -0.4 is 0 Å². The molecule has 4 rings (SSSR count). The number of benzene rings is 2. The van der Waals surface area contributed by atoms with Crippen molar-refractivity contribution >= 4 is 5.91 Å². The monoisotopic (exact) mass is 335 g/mol. The highest BCUT2D eigenvalue weighted by Crippen LogP contribution is 2.62. The zero-order chi connectivity index (χ0) is 17.7. The molecular formula is C22H25NO2. The van der Waals surface area contributed by atoms with Crippen molar-refractivity contribution in [1.82, 2.24) is 4.90 Å². The van der Waals surface area contributed by atoms with Gasteiger partial charge >= 0.3 is 0 Å². The number of likely N-dealkylation sites (tertiary alicyclic amines) is 1. The Morgan fingerprint density at radius 2 is 1.84 bits per heavy atom. The van der Waals surface area contributed by atoms with Crippen molar-refractivity contribution < 1.29 is 9.90 Å². The maximum absolute atomic E-state index is 13.1. The van der Waals surface area contributed by atoms with E-state index in [9.17, 15) is 9.90 Å². The highest BCUT2D eigenvalue weighted by Gasteiger charge is 2.63. The fourth-order valence-electron chi connectivity index (χ4n) is 5.14. The maximum atomic E-state index is 13.1. The van der Waals surface area contributed by atoms with Gasteiger partial charge in [-0.2, -0.15) is 0 Å². The molecule has 1 aliphatic heterocycles. The Morgan fingerprint density at radius 1 is 1.12 bits per heavy atom. The molecule has 2 atom stereocenters. The predicted octanol–water partition coefficient (Wildman–Crippen LogP) is 3.83. The average Bonchev–Trinajstić information content (AvgIpc) is 2.97. The normalized spacial score (nSPS) is 26.8. The molecule has 0 bridgehead atoms. The van der Waals surface area contributed by atoms with Crippen molar-refractivity contribution in [2.75, 3.05) is 19.7 Å². The molecule has 25 heavy (non-hydrogen) atoms. The smallest absolute Gasteiger partial charge is 0.253 e. The molecule has 2 aromatic rings. The van der Waals surface area contributed by atoms with Crippen molar-refractivity contribution in [3.63, 3.8) is 0 Å². The van der Waals surface area contributed by atoms with Gasteiger partial charge in [0, 0.05) is 24.1 Å². The Kier molecular flexibility index (Phi) is 3.73. The molecule has 0 radical (unpaired) electrons. The third-order valence-electron chi connectivity index (χ3n) is 6.22. The standard InChI is InChI=1S/C22H25NO2/c1-21(2)13-22(15-24)14-23(12-19(21)22)20(25)18-10-6-9-17(11-18)16-7-4-3-5-8-16/h3-11,19,24H,12-15H2,1-2H3/t19-,22-/m1/s1. The first kappa shape index (κ1) is 16.3. The number of carbonyl (C=O) groups excluding carboxylic acids is 1. The molecule has 3 heteroatoms. The van der Waals surface area contributed by atoms with Crippen molar-refractivity contribution in [1.29, 1.82) is 0 Å². The summed E-state index contributed by atoms with van der Waals surface area (Å²) in [7, 11) is 0. The minimum Gasteiger partial charge on any atom is -0.396 e. The molecule has 0 aromatic heterocycles. The van der Waals surface area contributed by atoms with Crippen molar-refractivity contribution in [2.24, 2.45) is 16.7 Å². The highest BCUT2D eigenvalue weighted by molar-refractivity contribution is 5.95. The summed E-state index contributed by atoms with van der Waals surface area (Å²) < 4.78 is 0. The lowest BCUT2D eigenvalue weighted by Gasteiger charge is -2.55. The summed E-state index contributed by atoms with van der Waals surface area (Å²) in [4.78, 5) is 15.0. The second-order valence-electron chi connectivity index (χ2n) is 8.37. The number of rotatable bonds is 3. The summed E-state index contributed by atoms with van der Waals surface area (Å²) >= 11 is 0. The van der Waals surface area contributed by atoms with E-state index in [1.54, 1.807) is 0 Å². The second kappa shape index (κ2) is 5.70. The zero-order valence-electron chi connectivity index (χ0n) is 14.9. The number of aliphatic hydroxyl groups is 1. The molecule has 1 amide bonds. The van der Waals surface area contributed by atoms with Gasteiger partial charge in [0.05, 0.1) is 6.61 Å². The van der Waals surface area contributed by atoms with Crippen LogP contribution in [0.5, 0.6) is 0 Å². The first-order chi connectivity index (χ1) is 12.0. The summed E-state index contributed by atoms with van der Waals surface area (Å²) in [6.07, 6.45) is 0.995. The lowest BCUT2D eigenvalue weighted by Crippen LogP contribution is -2.54. The first-order valence-corrected chi connectivity index (χ1v) is 9.01. The lowest BCUT2D eigenvalue weighted by molar-refractivity contribution is -0.0976. The van der Waals surface area contributed by atoms with Crippen LogP contribution in [-0.2, 0) is 0 Å². The molecule has 1 heterocycles. The van der Waals surface area contributed by atoms with Gasteiger partial charge in [-0.3, -0.25) is 4.79 Å².